The van der Waals surface area contributed by atoms with Crippen LogP contribution in [0.3, 0.4) is 0 Å². The zero-order valence-corrected chi connectivity index (χ0v) is 17.9. The number of benzene rings is 1. The van der Waals surface area contributed by atoms with Crippen molar-refractivity contribution in [2.75, 3.05) is 39.3 Å². The topological polar surface area (TPSA) is 53.1 Å². The van der Waals surface area contributed by atoms with Gasteiger partial charge in [0.15, 0.2) is 0 Å². The monoisotopic (exact) mass is 411 g/mol. The van der Waals surface area contributed by atoms with Crippen LogP contribution >= 0.6 is 0 Å². The fraction of sp³-hybridized carbons (Fsp3) is 0.667. The first-order valence-corrected chi connectivity index (χ1v) is 11.7. The van der Waals surface area contributed by atoms with Crippen molar-refractivity contribution in [3.8, 4) is 0 Å². The maximum atomic E-state index is 13.2. The van der Waals surface area contributed by atoms with Crippen molar-refractivity contribution in [1.29, 1.82) is 0 Å². The van der Waals surface area contributed by atoms with E-state index in [4.69, 9.17) is 4.74 Å². The molecule has 0 bridgehead atoms. The van der Waals surface area contributed by atoms with Crippen LogP contribution in [0.25, 0.3) is 0 Å². The minimum atomic E-state index is -0.255. The van der Waals surface area contributed by atoms with Crippen LogP contribution in [0.4, 0.5) is 0 Å². The second kappa shape index (κ2) is 8.67. The summed E-state index contributed by atoms with van der Waals surface area (Å²) in [5.74, 6) is 0.282. The lowest BCUT2D eigenvalue weighted by Crippen LogP contribution is -2.43. The van der Waals surface area contributed by atoms with E-state index in [0.717, 1.165) is 69.0 Å². The van der Waals surface area contributed by atoms with Crippen molar-refractivity contribution in [1.82, 2.24) is 14.7 Å². The van der Waals surface area contributed by atoms with Crippen LogP contribution in [-0.2, 0) is 22.5 Å². The van der Waals surface area contributed by atoms with Crippen LogP contribution in [-0.4, -0.2) is 78.0 Å². The fourth-order valence-electron chi connectivity index (χ4n) is 5.29. The molecule has 162 valence electrons. The predicted molar refractivity (Wildman–Crippen MR) is 114 cm³/mol. The molecule has 1 aromatic carbocycles. The number of hydrogen-bond donors (Lipinski definition) is 0. The van der Waals surface area contributed by atoms with Gasteiger partial charge in [-0.1, -0.05) is 12.5 Å². The van der Waals surface area contributed by atoms with Crippen LogP contribution in [0.15, 0.2) is 18.2 Å². The maximum Gasteiger partial charge on any atom is 0.253 e. The summed E-state index contributed by atoms with van der Waals surface area (Å²) in [5.41, 5.74) is 3.17. The molecule has 1 unspecified atom stereocenters. The van der Waals surface area contributed by atoms with Gasteiger partial charge in [0, 0.05) is 57.5 Å². The van der Waals surface area contributed by atoms with E-state index in [1.165, 1.54) is 24.8 Å². The number of rotatable bonds is 3. The highest BCUT2D eigenvalue weighted by atomic mass is 16.5. The Bertz CT molecular complexity index is 801. The van der Waals surface area contributed by atoms with Crippen LogP contribution < -0.4 is 0 Å². The molecule has 2 saturated heterocycles. The average molecular weight is 412 g/mol. The van der Waals surface area contributed by atoms with Crippen LogP contribution in [0.5, 0.6) is 0 Å². The molecule has 0 aromatic heterocycles. The Morgan fingerprint density at radius 2 is 1.77 bits per heavy atom. The third-order valence-corrected chi connectivity index (χ3v) is 7.39. The van der Waals surface area contributed by atoms with E-state index in [2.05, 4.69) is 17.0 Å². The summed E-state index contributed by atoms with van der Waals surface area (Å²) < 4.78 is 5.57. The second-order valence-electron chi connectivity index (χ2n) is 9.26. The fourth-order valence-corrected chi connectivity index (χ4v) is 5.29. The number of carbonyl (C=O) groups excluding carboxylic acids is 2. The molecule has 5 rings (SSSR count). The van der Waals surface area contributed by atoms with Gasteiger partial charge >= 0.3 is 0 Å². The molecule has 0 spiro atoms. The average Bonchev–Trinajstić information content (AvgIpc) is 3.17. The second-order valence-corrected chi connectivity index (χ2v) is 9.26. The summed E-state index contributed by atoms with van der Waals surface area (Å²) in [5, 5.41) is 0. The van der Waals surface area contributed by atoms with Gasteiger partial charge in [-0.2, -0.15) is 0 Å². The molecule has 4 aliphatic rings. The third kappa shape index (κ3) is 4.00. The lowest BCUT2D eigenvalue weighted by molar-refractivity contribution is -0.141. The quantitative estimate of drug-likeness (QED) is 0.767. The molecule has 1 aromatic rings. The molecule has 3 aliphatic heterocycles. The van der Waals surface area contributed by atoms with Gasteiger partial charge in [0.25, 0.3) is 11.8 Å². The summed E-state index contributed by atoms with van der Waals surface area (Å²) in [6, 6.07) is 6.83. The highest BCUT2D eigenvalue weighted by molar-refractivity contribution is 5.94. The maximum absolute atomic E-state index is 13.2. The predicted octanol–water partition coefficient (Wildman–Crippen LogP) is 2.45. The Kier molecular flexibility index (Phi) is 5.79. The molecular formula is C24H33N3O3. The molecule has 0 N–H and O–H groups in total. The van der Waals surface area contributed by atoms with Gasteiger partial charge < -0.3 is 14.5 Å². The lowest BCUT2D eigenvalue weighted by atomic mass is 9.91. The molecule has 1 aliphatic carbocycles. The Labute approximate surface area is 179 Å². The number of fused-ring (bicyclic) bond motifs is 1. The third-order valence-electron chi connectivity index (χ3n) is 7.39. The van der Waals surface area contributed by atoms with Gasteiger partial charge in [-0.05, 0) is 61.8 Å². The number of nitrogens with zero attached hydrogens (tertiary/aromatic N) is 3. The van der Waals surface area contributed by atoms with Crippen molar-refractivity contribution >= 4 is 11.8 Å². The molecule has 30 heavy (non-hydrogen) atoms. The minimum Gasteiger partial charge on any atom is -0.368 e. The molecule has 2 amide bonds. The van der Waals surface area contributed by atoms with Gasteiger partial charge in [-0.3, -0.25) is 14.5 Å². The van der Waals surface area contributed by atoms with E-state index in [1.807, 2.05) is 15.9 Å². The Morgan fingerprint density at radius 1 is 0.867 bits per heavy atom. The normalized spacial score (nSPS) is 25.5. The SMILES string of the molecule is O=C(c1ccc2c(c1)CCN(C(=O)C1CCCO1)C2)N1CCCN(C2CCC2)CC1. The van der Waals surface area contributed by atoms with Crippen LogP contribution in [0, 0.1) is 0 Å². The largest absolute Gasteiger partial charge is 0.368 e. The highest BCUT2D eigenvalue weighted by Gasteiger charge is 2.31. The van der Waals surface area contributed by atoms with Crippen LogP contribution in [0.2, 0.25) is 0 Å². The molecular weight excluding hydrogens is 378 g/mol. The van der Waals surface area contributed by atoms with E-state index < -0.39 is 0 Å². The molecule has 3 fully saturated rings. The number of amides is 2. The van der Waals surface area contributed by atoms with Crippen molar-refractivity contribution < 1.29 is 14.3 Å². The van der Waals surface area contributed by atoms with Gasteiger partial charge in [0.1, 0.15) is 6.10 Å². The van der Waals surface area contributed by atoms with Crippen molar-refractivity contribution in [2.24, 2.45) is 0 Å². The van der Waals surface area contributed by atoms with E-state index in [1.54, 1.807) is 0 Å². The molecule has 6 nitrogen and oxygen atoms in total. The first-order valence-electron chi connectivity index (χ1n) is 11.7. The summed E-state index contributed by atoms with van der Waals surface area (Å²) >= 11 is 0. The minimum absolute atomic E-state index is 0.124. The van der Waals surface area contributed by atoms with Gasteiger partial charge in [0.2, 0.25) is 0 Å². The molecule has 1 atom stereocenters. The first-order chi connectivity index (χ1) is 14.7. The summed E-state index contributed by atoms with van der Waals surface area (Å²) in [6.07, 6.45) is 7.43. The summed E-state index contributed by atoms with van der Waals surface area (Å²) in [4.78, 5) is 32.4. The summed E-state index contributed by atoms with van der Waals surface area (Å²) in [6.45, 7) is 5.83. The number of hydrogen-bond acceptors (Lipinski definition) is 4. The zero-order valence-electron chi connectivity index (χ0n) is 17.9. The van der Waals surface area contributed by atoms with Crippen LogP contribution in [0.1, 0.15) is 60.0 Å². The van der Waals surface area contributed by atoms with E-state index in [-0.39, 0.29) is 17.9 Å². The highest BCUT2D eigenvalue weighted by Crippen LogP contribution is 2.27. The molecule has 6 heteroatoms. The Hall–Kier alpha value is -1.92. The van der Waals surface area contributed by atoms with Crippen molar-refractivity contribution in [3.05, 3.63) is 34.9 Å². The van der Waals surface area contributed by atoms with Gasteiger partial charge in [-0.15, -0.1) is 0 Å². The van der Waals surface area contributed by atoms with E-state index >= 15 is 0 Å². The Morgan fingerprint density at radius 3 is 2.53 bits per heavy atom. The Balaban J connectivity index is 1.22. The zero-order chi connectivity index (χ0) is 20.5. The van der Waals surface area contributed by atoms with Gasteiger partial charge in [-0.25, -0.2) is 0 Å². The standard InChI is InChI=1S/C24H33N3O3/c28-23(26-11-3-10-25(13-14-26)21-4-1-5-21)19-7-8-20-17-27(12-9-18(20)16-19)24(29)22-6-2-15-30-22/h7-8,16,21-22H,1-6,9-15,17H2. The lowest BCUT2D eigenvalue weighted by Gasteiger charge is -2.36. The number of ether oxygens (including phenoxy) is 1. The van der Waals surface area contributed by atoms with Gasteiger partial charge in [0.05, 0.1) is 0 Å². The smallest absolute Gasteiger partial charge is 0.253 e. The van der Waals surface area contributed by atoms with Crippen molar-refractivity contribution in [3.63, 3.8) is 0 Å². The van der Waals surface area contributed by atoms with Crippen molar-refractivity contribution in [2.45, 2.75) is 63.6 Å². The van der Waals surface area contributed by atoms with E-state index in [9.17, 15) is 9.59 Å². The molecule has 1 saturated carbocycles. The molecule has 3 heterocycles. The molecule has 0 radical (unpaired) electrons. The number of carbonyl (C=O) groups is 2. The van der Waals surface area contributed by atoms with E-state index in [0.29, 0.717) is 19.7 Å². The first kappa shape index (κ1) is 20.0. The summed E-state index contributed by atoms with van der Waals surface area (Å²) in [7, 11) is 0.